The first-order chi connectivity index (χ1) is 11.8. The Bertz CT molecular complexity index is 786. The molecule has 0 saturated heterocycles. The molecule has 0 fully saturated rings. The van der Waals surface area contributed by atoms with E-state index in [1.807, 2.05) is 12.1 Å². The van der Waals surface area contributed by atoms with Crippen LogP contribution < -0.4 is 11.1 Å². The number of benzene rings is 2. The summed E-state index contributed by atoms with van der Waals surface area (Å²) >= 11 is 0. The number of carbonyl (C=O) groups is 1. The molecular formula is C19H19F3N2O. The lowest BCUT2D eigenvalue weighted by Crippen LogP contribution is -2.32. The van der Waals surface area contributed by atoms with Gasteiger partial charge in [0.15, 0.2) is 0 Å². The molecule has 0 aromatic heterocycles. The molecular weight excluding hydrogens is 329 g/mol. The van der Waals surface area contributed by atoms with Gasteiger partial charge >= 0.3 is 6.18 Å². The van der Waals surface area contributed by atoms with E-state index in [0.717, 1.165) is 42.5 Å². The van der Waals surface area contributed by atoms with Gasteiger partial charge in [-0.3, -0.25) is 4.79 Å². The number of rotatable bonds is 3. The topological polar surface area (TPSA) is 55.1 Å². The molecule has 1 aliphatic rings. The second-order valence-electron chi connectivity index (χ2n) is 6.35. The van der Waals surface area contributed by atoms with Crippen molar-refractivity contribution in [1.82, 2.24) is 5.32 Å². The monoisotopic (exact) mass is 348 g/mol. The van der Waals surface area contributed by atoms with Gasteiger partial charge < -0.3 is 11.1 Å². The van der Waals surface area contributed by atoms with Crippen molar-refractivity contribution in [3.8, 4) is 0 Å². The van der Waals surface area contributed by atoms with Gasteiger partial charge in [0.1, 0.15) is 0 Å². The van der Waals surface area contributed by atoms with Crippen LogP contribution in [0.5, 0.6) is 0 Å². The first-order valence-electron chi connectivity index (χ1n) is 8.17. The summed E-state index contributed by atoms with van der Waals surface area (Å²) in [4.78, 5) is 12.3. The van der Waals surface area contributed by atoms with Crippen LogP contribution in [-0.4, -0.2) is 5.91 Å². The second-order valence-corrected chi connectivity index (χ2v) is 6.35. The summed E-state index contributed by atoms with van der Waals surface area (Å²) in [6.45, 7) is 0. The van der Waals surface area contributed by atoms with Crippen LogP contribution in [0.1, 0.15) is 41.1 Å². The molecule has 3 rings (SSSR count). The van der Waals surface area contributed by atoms with Crippen LogP contribution >= 0.6 is 0 Å². The number of carbonyl (C=O) groups excluding carboxylic acids is 1. The van der Waals surface area contributed by atoms with Crippen LogP contribution in [0.3, 0.4) is 0 Å². The molecule has 0 radical (unpaired) electrons. The van der Waals surface area contributed by atoms with Crippen molar-refractivity contribution in [2.45, 2.75) is 37.9 Å². The maximum atomic E-state index is 12.8. The van der Waals surface area contributed by atoms with E-state index in [9.17, 15) is 18.0 Å². The minimum absolute atomic E-state index is 0.0786. The summed E-state index contributed by atoms with van der Waals surface area (Å²) in [6.07, 6.45) is -1.82. The SMILES string of the molecule is Nc1ccc2c(c1)CCCC2NC(=O)Cc1cccc(C(F)(F)F)c1. The maximum absolute atomic E-state index is 12.8. The third-order valence-electron chi connectivity index (χ3n) is 4.44. The van der Waals surface area contributed by atoms with E-state index in [1.54, 1.807) is 6.07 Å². The Balaban J connectivity index is 1.70. The fourth-order valence-electron chi connectivity index (χ4n) is 3.27. The number of anilines is 1. The van der Waals surface area contributed by atoms with Crippen LogP contribution in [0.4, 0.5) is 18.9 Å². The molecule has 0 spiro atoms. The standard InChI is InChI=1S/C19H19F3N2O/c20-19(21,22)14-5-1-3-12(9-14)10-18(25)24-17-6-2-4-13-11-15(23)7-8-16(13)17/h1,3,5,7-9,11,17H,2,4,6,10,23H2,(H,24,25). The summed E-state index contributed by atoms with van der Waals surface area (Å²) in [5, 5.41) is 2.94. The first kappa shape index (κ1) is 17.3. The van der Waals surface area contributed by atoms with Gasteiger partial charge in [0.25, 0.3) is 0 Å². The minimum atomic E-state index is -4.41. The normalized spacial score (nSPS) is 17.0. The van der Waals surface area contributed by atoms with Crippen LogP contribution in [0.15, 0.2) is 42.5 Å². The van der Waals surface area contributed by atoms with Gasteiger partial charge in [-0.05, 0) is 54.2 Å². The molecule has 0 aliphatic heterocycles. The average Bonchev–Trinajstić information content (AvgIpc) is 2.54. The largest absolute Gasteiger partial charge is 0.416 e. The van der Waals surface area contributed by atoms with E-state index in [-0.39, 0.29) is 18.4 Å². The molecule has 0 heterocycles. The number of nitrogens with two attached hydrogens (primary N) is 1. The number of aryl methyl sites for hydroxylation is 1. The quantitative estimate of drug-likeness (QED) is 0.823. The van der Waals surface area contributed by atoms with Gasteiger partial charge in [0.2, 0.25) is 5.91 Å². The molecule has 0 bridgehead atoms. The third kappa shape index (κ3) is 4.13. The fourth-order valence-corrected chi connectivity index (χ4v) is 3.27. The number of alkyl halides is 3. The smallest absolute Gasteiger partial charge is 0.399 e. The van der Waals surface area contributed by atoms with Crippen molar-refractivity contribution in [3.63, 3.8) is 0 Å². The highest BCUT2D eigenvalue weighted by atomic mass is 19.4. The third-order valence-corrected chi connectivity index (χ3v) is 4.44. The Labute approximate surface area is 144 Å². The molecule has 2 aromatic carbocycles. The van der Waals surface area contributed by atoms with Gasteiger partial charge in [-0.2, -0.15) is 13.2 Å². The lowest BCUT2D eigenvalue weighted by Gasteiger charge is -2.26. The van der Waals surface area contributed by atoms with Gasteiger partial charge in [0.05, 0.1) is 18.0 Å². The zero-order chi connectivity index (χ0) is 18.0. The van der Waals surface area contributed by atoms with E-state index in [0.29, 0.717) is 11.3 Å². The summed E-state index contributed by atoms with van der Waals surface area (Å²) in [5.74, 6) is -0.283. The highest BCUT2D eigenvalue weighted by Crippen LogP contribution is 2.32. The van der Waals surface area contributed by atoms with Crippen molar-refractivity contribution in [2.24, 2.45) is 0 Å². The lowest BCUT2D eigenvalue weighted by molar-refractivity contribution is -0.137. The molecule has 1 aliphatic carbocycles. The molecule has 2 aromatic rings. The molecule has 25 heavy (non-hydrogen) atoms. The molecule has 0 saturated carbocycles. The lowest BCUT2D eigenvalue weighted by atomic mass is 9.87. The number of fused-ring (bicyclic) bond motifs is 1. The zero-order valence-electron chi connectivity index (χ0n) is 13.6. The summed E-state index contributed by atoms with van der Waals surface area (Å²) in [7, 11) is 0. The number of halogens is 3. The van der Waals surface area contributed by atoms with Crippen molar-refractivity contribution in [3.05, 3.63) is 64.7 Å². The second kappa shape index (κ2) is 6.78. The van der Waals surface area contributed by atoms with Crippen LogP contribution in [0, 0.1) is 0 Å². The van der Waals surface area contributed by atoms with Gasteiger partial charge in [-0.25, -0.2) is 0 Å². The Kier molecular flexibility index (Phi) is 4.70. The van der Waals surface area contributed by atoms with Crippen LogP contribution in [0.25, 0.3) is 0 Å². The van der Waals surface area contributed by atoms with E-state index in [2.05, 4.69) is 5.32 Å². The van der Waals surface area contributed by atoms with Crippen molar-refractivity contribution < 1.29 is 18.0 Å². The summed E-state index contributed by atoms with van der Waals surface area (Å²) in [5.41, 5.74) is 8.26. The number of hydrogen-bond donors (Lipinski definition) is 2. The zero-order valence-corrected chi connectivity index (χ0v) is 13.6. The molecule has 1 amide bonds. The minimum Gasteiger partial charge on any atom is -0.399 e. The highest BCUT2D eigenvalue weighted by Gasteiger charge is 2.30. The Hall–Kier alpha value is -2.50. The predicted molar refractivity (Wildman–Crippen MR) is 89.8 cm³/mol. The van der Waals surface area contributed by atoms with Crippen molar-refractivity contribution in [2.75, 3.05) is 5.73 Å². The maximum Gasteiger partial charge on any atom is 0.416 e. The molecule has 6 heteroatoms. The molecule has 1 atom stereocenters. The highest BCUT2D eigenvalue weighted by molar-refractivity contribution is 5.79. The number of nitrogens with one attached hydrogen (secondary N) is 1. The molecule has 3 N–H and O–H groups in total. The fraction of sp³-hybridized carbons (Fsp3) is 0.316. The van der Waals surface area contributed by atoms with E-state index < -0.39 is 11.7 Å². The van der Waals surface area contributed by atoms with Crippen molar-refractivity contribution >= 4 is 11.6 Å². The Morgan fingerprint density at radius 1 is 1.20 bits per heavy atom. The van der Waals surface area contributed by atoms with E-state index >= 15 is 0 Å². The summed E-state index contributed by atoms with van der Waals surface area (Å²) < 4.78 is 38.3. The summed E-state index contributed by atoms with van der Waals surface area (Å²) in [6, 6.07) is 10.4. The first-order valence-corrected chi connectivity index (χ1v) is 8.17. The van der Waals surface area contributed by atoms with Gasteiger partial charge in [-0.1, -0.05) is 24.3 Å². The number of nitrogen functional groups attached to an aromatic ring is 1. The average molecular weight is 348 g/mol. The van der Waals surface area contributed by atoms with Crippen LogP contribution in [-0.2, 0) is 23.8 Å². The van der Waals surface area contributed by atoms with Gasteiger partial charge in [-0.15, -0.1) is 0 Å². The molecule has 1 unspecified atom stereocenters. The van der Waals surface area contributed by atoms with Crippen molar-refractivity contribution in [1.29, 1.82) is 0 Å². The number of amides is 1. The predicted octanol–water partition coefficient (Wildman–Crippen LogP) is 4.02. The van der Waals surface area contributed by atoms with Gasteiger partial charge in [0, 0.05) is 5.69 Å². The Morgan fingerprint density at radius 2 is 2.00 bits per heavy atom. The van der Waals surface area contributed by atoms with E-state index in [4.69, 9.17) is 5.73 Å². The Morgan fingerprint density at radius 3 is 2.76 bits per heavy atom. The molecule has 3 nitrogen and oxygen atoms in total. The van der Waals surface area contributed by atoms with Crippen LogP contribution in [0.2, 0.25) is 0 Å². The number of hydrogen-bond acceptors (Lipinski definition) is 2. The molecule has 132 valence electrons. The van der Waals surface area contributed by atoms with E-state index in [1.165, 1.54) is 12.1 Å².